The van der Waals surface area contributed by atoms with E-state index in [0.29, 0.717) is 13.2 Å². The normalized spacial score (nSPS) is 25.1. The van der Waals surface area contributed by atoms with Crippen molar-refractivity contribution in [1.82, 2.24) is 9.96 Å². The summed E-state index contributed by atoms with van der Waals surface area (Å²) in [6.07, 6.45) is 1.54. The predicted octanol–water partition coefficient (Wildman–Crippen LogP) is 2.60. The van der Waals surface area contributed by atoms with Crippen LogP contribution in [-0.2, 0) is 11.4 Å². The van der Waals surface area contributed by atoms with Gasteiger partial charge in [0.25, 0.3) is 0 Å². The van der Waals surface area contributed by atoms with Gasteiger partial charge in [-0.1, -0.05) is 41.9 Å². The number of benzene rings is 1. The van der Waals surface area contributed by atoms with Gasteiger partial charge in [0.1, 0.15) is 11.8 Å². The molecule has 0 aromatic heterocycles. The van der Waals surface area contributed by atoms with Crippen LogP contribution in [0.1, 0.15) is 18.4 Å². The average Bonchev–Trinajstić information content (AvgIpc) is 2.70. The van der Waals surface area contributed by atoms with Crippen molar-refractivity contribution in [2.24, 2.45) is 0 Å². The fourth-order valence-electron chi connectivity index (χ4n) is 2.78. The van der Waals surface area contributed by atoms with Gasteiger partial charge in [0.05, 0.1) is 12.1 Å². The summed E-state index contributed by atoms with van der Waals surface area (Å²) in [5.74, 6) is 0. The number of amides is 2. The number of hydrogen-bond acceptors (Lipinski definition) is 3. The number of carbonyl (C=O) groups is 1. The van der Waals surface area contributed by atoms with E-state index in [1.165, 1.54) is 5.06 Å². The Hall–Kier alpha value is -1.59. The second kappa shape index (κ2) is 5.42. The van der Waals surface area contributed by atoms with E-state index in [9.17, 15) is 4.79 Å². The lowest BCUT2D eigenvalue weighted by molar-refractivity contribution is -0.140. The number of urea groups is 1. The van der Waals surface area contributed by atoms with E-state index >= 15 is 0 Å². The first-order chi connectivity index (χ1) is 9.66. The quantitative estimate of drug-likeness (QED) is 0.868. The molecule has 0 radical (unpaired) electrons. The molecule has 2 amide bonds. The zero-order chi connectivity index (χ0) is 14.1. The lowest BCUT2D eigenvalue weighted by atomic mass is 10.0. The third-order valence-electron chi connectivity index (χ3n) is 3.83. The molecule has 1 aromatic carbocycles. The molecule has 20 heavy (non-hydrogen) atoms. The van der Waals surface area contributed by atoms with Crippen LogP contribution in [0.15, 0.2) is 30.3 Å². The number of hydrogen-bond donors (Lipinski definition) is 1. The van der Waals surface area contributed by atoms with Gasteiger partial charge in [0.15, 0.2) is 0 Å². The minimum absolute atomic E-state index is 0.0294. The van der Waals surface area contributed by atoms with E-state index in [4.69, 9.17) is 21.8 Å². The molecule has 1 N–H and O–H groups in total. The number of fused-ring (bicyclic) bond motifs is 2. The number of nitrogens with zero attached hydrogens (tertiary/aromatic N) is 2. The van der Waals surface area contributed by atoms with Crippen molar-refractivity contribution in [1.29, 1.82) is 5.41 Å². The molecule has 2 aliphatic rings. The number of hydroxylamine groups is 2. The van der Waals surface area contributed by atoms with E-state index in [0.717, 1.165) is 18.4 Å². The highest BCUT2D eigenvalue weighted by molar-refractivity contribution is 6.65. The summed E-state index contributed by atoms with van der Waals surface area (Å²) in [7, 11) is 0. The van der Waals surface area contributed by atoms with Crippen LogP contribution in [0.2, 0.25) is 0 Å². The summed E-state index contributed by atoms with van der Waals surface area (Å²) in [6.45, 7) is 0.966. The van der Waals surface area contributed by atoms with Crippen LogP contribution in [0, 0.1) is 5.41 Å². The summed E-state index contributed by atoms with van der Waals surface area (Å²) in [6, 6.07) is 9.35. The van der Waals surface area contributed by atoms with Gasteiger partial charge in [-0.15, -0.1) is 0 Å². The first-order valence-electron chi connectivity index (χ1n) is 6.67. The lowest BCUT2D eigenvalue weighted by Crippen LogP contribution is -2.43. The molecular formula is C14H16ClN3O2. The van der Waals surface area contributed by atoms with Crippen LogP contribution in [0.25, 0.3) is 0 Å². The Morgan fingerprint density at radius 2 is 2.10 bits per heavy atom. The summed E-state index contributed by atoms with van der Waals surface area (Å²) in [5, 5.41) is 9.03. The van der Waals surface area contributed by atoms with Crippen LogP contribution >= 0.6 is 11.6 Å². The van der Waals surface area contributed by atoms with Crippen molar-refractivity contribution in [3.05, 3.63) is 35.9 Å². The first kappa shape index (κ1) is 13.4. The number of nitrogens with one attached hydrogen (secondary N) is 1. The van der Waals surface area contributed by atoms with Crippen molar-refractivity contribution < 1.29 is 9.63 Å². The van der Waals surface area contributed by atoms with E-state index in [1.54, 1.807) is 4.90 Å². The molecule has 2 atom stereocenters. The molecule has 5 nitrogen and oxygen atoms in total. The number of carbonyl (C=O) groups excluding carboxylic acids is 1. The largest absolute Gasteiger partial charge is 0.344 e. The van der Waals surface area contributed by atoms with Gasteiger partial charge in [-0.2, -0.15) is 5.06 Å². The highest BCUT2D eigenvalue weighted by atomic mass is 35.5. The molecule has 106 valence electrons. The minimum Gasteiger partial charge on any atom is -0.311 e. The molecule has 2 bridgehead atoms. The van der Waals surface area contributed by atoms with E-state index in [-0.39, 0.29) is 23.3 Å². The Balaban J connectivity index is 1.67. The number of rotatable bonds is 4. The molecule has 0 spiro atoms. The second-order valence-electron chi connectivity index (χ2n) is 5.11. The number of piperidine rings is 1. The molecule has 6 heteroatoms. The van der Waals surface area contributed by atoms with Crippen LogP contribution < -0.4 is 0 Å². The topological polar surface area (TPSA) is 56.6 Å². The molecule has 2 saturated heterocycles. The zero-order valence-electron chi connectivity index (χ0n) is 11.0. The summed E-state index contributed by atoms with van der Waals surface area (Å²) in [4.78, 5) is 19.6. The second-order valence-corrected chi connectivity index (χ2v) is 5.52. The van der Waals surface area contributed by atoms with Crippen molar-refractivity contribution >= 4 is 22.8 Å². The third-order valence-corrected chi connectivity index (χ3v) is 4.08. The van der Waals surface area contributed by atoms with Gasteiger partial charge in [-0.25, -0.2) is 4.79 Å². The van der Waals surface area contributed by atoms with Gasteiger partial charge in [-0.05, 0) is 18.4 Å². The summed E-state index contributed by atoms with van der Waals surface area (Å²) >= 11 is 5.76. The Morgan fingerprint density at radius 1 is 1.35 bits per heavy atom. The highest BCUT2D eigenvalue weighted by Crippen LogP contribution is 2.31. The fraction of sp³-hybridized carbons (Fsp3) is 0.429. The predicted molar refractivity (Wildman–Crippen MR) is 75.6 cm³/mol. The SMILES string of the molecule is N=C(Cl)[C@@H]1CCC2CN1C(=O)N2OCc1ccccc1. The molecule has 2 aliphatic heterocycles. The van der Waals surface area contributed by atoms with Crippen LogP contribution in [0.5, 0.6) is 0 Å². The van der Waals surface area contributed by atoms with Crippen molar-refractivity contribution in [2.45, 2.75) is 31.5 Å². The maximum absolute atomic E-state index is 12.3. The van der Waals surface area contributed by atoms with Crippen LogP contribution in [-0.4, -0.2) is 39.8 Å². The van der Waals surface area contributed by atoms with Crippen molar-refractivity contribution in [3.63, 3.8) is 0 Å². The first-order valence-corrected chi connectivity index (χ1v) is 7.05. The van der Waals surface area contributed by atoms with Crippen LogP contribution in [0.3, 0.4) is 0 Å². The van der Waals surface area contributed by atoms with Crippen molar-refractivity contribution in [2.75, 3.05) is 6.54 Å². The van der Waals surface area contributed by atoms with Gasteiger partial charge in [0.2, 0.25) is 0 Å². The lowest BCUT2D eigenvalue weighted by Gasteiger charge is -2.28. The molecule has 2 fully saturated rings. The molecule has 1 unspecified atom stereocenters. The van der Waals surface area contributed by atoms with E-state index in [1.807, 2.05) is 30.3 Å². The van der Waals surface area contributed by atoms with E-state index < -0.39 is 0 Å². The Morgan fingerprint density at radius 3 is 2.80 bits per heavy atom. The maximum Gasteiger partial charge on any atom is 0.344 e. The number of halogens is 1. The standard InChI is InChI=1S/C14H16ClN3O2/c15-13(16)12-7-6-11-8-17(12)14(19)18(11)20-9-10-4-2-1-3-5-10/h1-5,11-12,16H,6-9H2/t11?,12-/m0/s1. The van der Waals surface area contributed by atoms with E-state index in [2.05, 4.69) is 0 Å². The summed E-state index contributed by atoms with van der Waals surface area (Å²) in [5.41, 5.74) is 1.03. The molecule has 0 aliphatic carbocycles. The van der Waals surface area contributed by atoms with Gasteiger partial charge in [-0.3, -0.25) is 10.2 Å². The molecule has 1 aromatic rings. The average molecular weight is 294 g/mol. The van der Waals surface area contributed by atoms with Crippen LogP contribution in [0.4, 0.5) is 4.79 Å². The molecule has 3 rings (SSSR count). The fourth-order valence-corrected chi connectivity index (χ4v) is 3.01. The van der Waals surface area contributed by atoms with Gasteiger partial charge >= 0.3 is 6.03 Å². The monoisotopic (exact) mass is 293 g/mol. The highest BCUT2D eigenvalue weighted by Gasteiger charge is 2.46. The zero-order valence-corrected chi connectivity index (χ0v) is 11.7. The third kappa shape index (κ3) is 2.39. The van der Waals surface area contributed by atoms with Gasteiger partial charge in [0, 0.05) is 6.54 Å². The summed E-state index contributed by atoms with van der Waals surface area (Å²) < 4.78 is 0. The molecular weight excluding hydrogens is 278 g/mol. The van der Waals surface area contributed by atoms with Gasteiger partial charge < -0.3 is 4.90 Å². The smallest absolute Gasteiger partial charge is 0.311 e. The molecule has 0 saturated carbocycles. The Bertz CT molecular complexity index is 522. The maximum atomic E-state index is 12.3. The molecule has 2 heterocycles. The Labute approximate surface area is 122 Å². The minimum atomic E-state index is -0.286. The van der Waals surface area contributed by atoms with Crippen molar-refractivity contribution in [3.8, 4) is 0 Å². The Kier molecular flexibility index (Phi) is 3.63.